The second kappa shape index (κ2) is 7.65. The van der Waals surface area contributed by atoms with Gasteiger partial charge in [0.05, 0.1) is 31.6 Å². The van der Waals surface area contributed by atoms with Crippen LogP contribution in [0, 0.1) is 6.92 Å². The number of carbonyl (C=O) groups is 1. The fourth-order valence-electron chi connectivity index (χ4n) is 2.62. The molecule has 3 N–H and O–H groups in total. The summed E-state index contributed by atoms with van der Waals surface area (Å²) < 4.78 is 10.9. The Morgan fingerprint density at radius 1 is 1.50 bits per heavy atom. The minimum Gasteiger partial charge on any atom is -0.437 e. The van der Waals surface area contributed by atoms with Crippen LogP contribution in [-0.4, -0.2) is 45.8 Å². The third-order valence-electron chi connectivity index (χ3n) is 4.07. The number of fused-ring (bicyclic) bond motifs is 1. The van der Waals surface area contributed by atoms with Crippen molar-refractivity contribution in [3.63, 3.8) is 0 Å². The van der Waals surface area contributed by atoms with Gasteiger partial charge < -0.3 is 24.8 Å². The van der Waals surface area contributed by atoms with Crippen molar-refractivity contribution in [2.75, 3.05) is 6.61 Å². The molecule has 3 rings (SSSR count). The Bertz CT molecular complexity index is 828. The van der Waals surface area contributed by atoms with E-state index in [1.165, 1.54) is 18.5 Å². The summed E-state index contributed by atoms with van der Waals surface area (Å²) in [6.07, 6.45) is 4.04. The first-order chi connectivity index (χ1) is 12.5. The van der Waals surface area contributed by atoms with E-state index < -0.39 is 19.1 Å². The fourth-order valence-corrected chi connectivity index (χ4v) is 2.62. The maximum Gasteiger partial charge on any atom is 0.492 e. The Balaban J connectivity index is 1.73. The quantitative estimate of drug-likeness (QED) is 0.496. The first kappa shape index (κ1) is 18.1. The van der Waals surface area contributed by atoms with Crippen LogP contribution >= 0.6 is 0 Å². The Morgan fingerprint density at radius 3 is 2.96 bits per heavy atom. The summed E-state index contributed by atoms with van der Waals surface area (Å²) in [6, 6.07) is 3.05. The predicted molar refractivity (Wildman–Crippen MR) is 94.2 cm³/mol. The Morgan fingerprint density at radius 2 is 2.31 bits per heavy atom. The minimum atomic E-state index is -0.963. The summed E-state index contributed by atoms with van der Waals surface area (Å²) in [5, 5.41) is 21.5. The molecule has 1 amide bonds. The number of aliphatic hydroxyl groups is 1. The third kappa shape index (κ3) is 3.59. The number of hydrogen-bond acceptors (Lipinski definition) is 7. The molecule has 0 bridgehead atoms. The van der Waals surface area contributed by atoms with E-state index in [-0.39, 0.29) is 18.2 Å². The van der Waals surface area contributed by atoms with Gasteiger partial charge in [0.15, 0.2) is 0 Å². The van der Waals surface area contributed by atoms with Gasteiger partial charge in [-0.25, -0.2) is 9.97 Å². The highest BCUT2D eigenvalue weighted by Crippen LogP contribution is 2.25. The maximum atomic E-state index is 12.0. The molecule has 1 atom stereocenters. The van der Waals surface area contributed by atoms with Crippen molar-refractivity contribution in [3.05, 3.63) is 54.0 Å². The number of rotatable bonds is 6. The average Bonchev–Trinajstić information content (AvgIpc) is 3.04. The second-order valence-corrected chi connectivity index (χ2v) is 5.77. The Labute approximate surface area is 150 Å². The van der Waals surface area contributed by atoms with E-state index in [0.717, 1.165) is 11.1 Å². The Kier molecular flexibility index (Phi) is 5.31. The van der Waals surface area contributed by atoms with Gasteiger partial charge >= 0.3 is 7.12 Å². The summed E-state index contributed by atoms with van der Waals surface area (Å²) in [6.45, 7) is 5.45. The monoisotopic (exact) mass is 355 g/mol. The number of ether oxygens (including phenoxy) is 1. The second-order valence-electron chi connectivity index (χ2n) is 5.77. The van der Waals surface area contributed by atoms with Crippen LogP contribution in [0.1, 0.15) is 21.6 Å². The molecule has 1 aromatic heterocycles. The molecule has 0 saturated heterocycles. The molecule has 0 spiro atoms. The molecule has 2 heterocycles. The zero-order valence-electron chi connectivity index (χ0n) is 14.2. The lowest BCUT2D eigenvalue weighted by molar-refractivity contribution is 0.0924. The summed E-state index contributed by atoms with van der Waals surface area (Å²) in [7, 11) is -0.963. The van der Waals surface area contributed by atoms with Crippen LogP contribution in [-0.2, 0) is 11.3 Å². The predicted octanol–water partition coefficient (Wildman–Crippen LogP) is 0.0717. The number of aromatic nitrogens is 2. The summed E-state index contributed by atoms with van der Waals surface area (Å²) >= 11 is 0. The van der Waals surface area contributed by atoms with Crippen LogP contribution in [0.4, 0.5) is 0 Å². The van der Waals surface area contributed by atoms with Crippen LogP contribution in [0.25, 0.3) is 0 Å². The molecular weight excluding hydrogens is 337 g/mol. The summed E-state index contributed by atoms with van der Waals surface area (Å²) in [5.74, 6) is 0.254. The van der Waals surface area contributed by atoms with Crippen molar-refractivity contribution in [1.82, 2.24) is 15.3 Å². The third-order valence-corrected chi connectivity index (χ3v) is 4.07. The molecule has 134 valence electrons. The maximum absolute atomic E-state index is 12.0. The van der Waals surface area contributed by atoms with Gasteiger partial charge in [0.25, 0.3) is 5.91 Å². The normalized spacial score (nSPS) is 13.9. The van der Waals surface area contributed by atoms with E-state index in [0.29, 0.717) is 17.8 Å². The molecule has 0 saturated carbocycles. The van der Waals surface area contributed by atoms with Crippen LogP contribution < -0.4 is 15.5 Å². The van der Waals surface area contributed by atoms with Gasteiger partial charge in [0.1, 0.15) is 11.4 Å². The topological polar surface area (TPSA) is 114 Å². The Hall–Kier alpha value is -2.75. The van der Waals surface area contributed by atoms with Crippen molar-refractivity contribution in [2.45, 2.75) is 19.6 Å². The van der Waals surface area contributed by atoms with Crippen LogP contribution in [0.3, 0.4) is 0 Å². The van der Waals surface area contributed by atoms with E-state index in [2.05, 4.69) is 21.9 Å². The number of carbonyl (C=O) groups excluding carboxylic acids is 1. The zero-order chi connectivity index (χ0) is 18.7. The smallest absolute Gasteiger partial charge is 0.437 e. The van der Waals surface area contributed by atoms with Crippen molar-refractivity contribution < 1.29 is 24.3 Å². The van der Waals surface area contributed by atoms with Gasteiger partial charge in [-0.3, -0.25) is 4.79 Å². The minimum absolute atomic E-state index is 0.0900. The lowest BCUT2D eigenvalue weighted by Gasteiger charge is -2.12. The molecule has 0 aliphatic carbocycles. The number of aliphatic hydroxyl groups excluding tert-OH is 1. The van der Waals surface area contributed by atoms with E-state index in [4.69, 9.17) is 14.5 Å². The molecule has 9 heteroatoms. The van der Waals surface area contributed by atoms with Crippen molar-refractivity contribution in [2.24, 2.45) is 0 Å². The van der Waals surface area contributed by atoms with Gasteiger partial charge in [-0.05, 0) is 29.6 Å². The molecule has 1 aliphatic rings. The molecule has 26 heavy (non-hydrogen) atoms. The van der Waals surface area contributed by atoms with Crippen LogP contribution in [0.5, 0.6) is 11.6 Å². The highest BCUT2D eigenvalue weighted by Gasteiger charge is 2.30. The SMILES string of the molecule is C=C[C@@H](CO)NC(=O)c1cnc(Oc2ccc3c(c2C)B(O)OC3)cn1. The number of amides is 1. The number of hydrogen-bond donors (Lipinski definition) is 3. The molecular formula is C17H18BN3O5. The van der Waals surface area contributed by atoms with E-state index >= 15 is 0 Å². The van der Waals surface area contributed by atoms with Crippen LogP contribution in [0.2, 0.25) is 0 Å². The number of nitrogens with zero attached hydrogens (tertiary/aromatic N) is 2. The average molecular weight is 355 g/mol. The standard InChI is InChI=1S/C17H18BN3O5/c1-3-12(8-22)21-17(23)13-6-20-15(7-19-13)26-14-5-4-11-9-25-18(24)16(11)10(14)2/h3-7,12,22,24H,1,8-9H2,2H3,(H,21,23)/t12-/m0/s1. The molecule has 2 aromatic rings. The first-order valence-electron chi connectivity index (χ1n) is 7.99. The van der Waals surface area contributed by atoms with Gasteiger partial charge in [-0.15, -0.1) is 6.58 Å². The molecule has 0 radical (unpaired) electrons. The fraction of sp³-hybridized carbons (Fsp3) is 0.235. The first-order valence-corrected chi connectivity index (χ1v) is 7.99. The van der Waals surface area contributed by atoms with Crippen molar-refractivity contribution >= 4 is 18.5 Å². The number of benzene rings is 1. The highest BCUT2D eigenvalue weighted by molar-refractivity contribution is 6.62. The molecule has 8 nitrogen and oxygen atoms in total. The highest BCUT2D eigenvalue weighted by atomic mass is 16.5. The van der Waals surface area contributed by atoms with Gasteiger partial charge in [0, 0.05) is 0 Å². The molecule has 1 aliphatic heterocycles. The van der Waals surface area contributed by atoms with E-state index in [9.17, 15) is 9.82 Å². The summed E-state index contributed by atoms with van der Waals surface area (Å²) in [4.78, 5) is 20.1. The van der Waals surface area contributed by atoms with Gasteiger partial charge in [0.2, 0.25) is 5.88 Å². The van der Waals surface area contributed by atoms with E-state index in [1.807, 2.05) is 13.0 Å². The van der Waals surface area contributed by atoms with Gasteiger partial charge in [-0.2, -0.15) is 0 Å². The molecule has 1 aromatic carbocycles. The van der Waals surface area contributed by atoms with E-state index in [1.54, 1.807) is 6.07 Å². The van der Waals surface area contributed by atoms with Crippen LogP contribution in [0.15, 0.2) is 37.2 Å². The largest absolute Gasteiger partial charge is 0.492 e. The van der Waals surface area contributed by atoms with Gasteiger partial charge in [-0.1, -0.05) is 12.1 Å². The van der Waals surface area contributed by atoms with Crippen molar-refractivity contribution in [1.29, 1.82) is 0 Å². The zero-order valence-corrected chi connectivity index (χ0v) is 14.2. The number of nitrogens with one attached hydrogen (secondary N) is 1. The lowest BCUT2D eigenvalue weighted by Crippen LogP contribution is -2.36. The lowest BCUT2D eigenvalue weighted by atomic mass is 9.76. The van der Waals surface area contributed by atoms with Crippen molar-refractivity contribution in [3.8, 4) is 11.6 Å². The summed E-state index contributed by atoms with van der Waals surface area (Å²) in [5.41, 5.74) is 2.46. The molecule has 0 unspecified atom stereocenters. The molecule has 0 fully saturated rings.